The van der Waals surface area contributed by atoms with Gasteiger partial charge in [0.1, 0.15) is 0 Å². The first kappa shape index (κ1) is 10.1. The van der Waals surface area contributed by atoms with Crippen LogP contribution in [0.4, 0.5) is 5.69 Å². The normalized spacial score (nSPS) is 10.6. The number of hydrogen-bond acceptors (Lipinski definition) is 1. The predicted octanol–water partition coefficient (Wildman–Crippen LogP) is 3.18. The molecule has 1 aromatic carbocycles. The summed E-state index contributed by atoms with van der Waals surface area (Å²) in [6.45, 7) is 6.60. The third kappa shape index (κ3) is 2.24. The van der Waals surface area contributed by atoms with E-state index in [2.05, 4.69) is 58.0 Å². The second-order valence-electron chi connectivity index (χ2n) is 4.10. The smallest absolute Gasteiger partial charge is 0.0393 e. The van der Waals surface area contributed by atoms with Crippen molar-refractivity contribution in [1.82, 2.24) is 0 Å². The van der Waals surface area contributed by atoms with E-state index in [0.29, 0.717) is 5.92 Å². The Kier molecular flexibility index (Phi) is 2.97. The Bertz CT molecular complexity index is 287. The van der Waals surface area contributed by atoms with Crippen molar-refractivity contribution in [1.29, 1.82) is 0 Å². The maximum atomic E-state index is 2.28. The van der Waals surface area contributed by atoms with E-state index >= 15 is 0 Å². The van der Waals surface area contributed by atoms with Crippen molar-refractivity contribution in [2.24, 2.45) is 0 Å². The second-order valence-corrected chi connectivity index (χ2v) is 4.10. The van der Waals surface area contributed by atoms with Crippen LogP contribution >= 0.6 is 0 Å². The van der Waals surface area contributed by atoms with Gasteiger partial charge in [0.15, 0.2) is 0 Å². The molecule has 0 atom stereocenters. The summed E-state index contributed by atoms with van der Waals surface area (Å²) in [5.41, 5.74) is 4.08. The minimum Gasteiger partial charge on any atom is -0.377 e. The van der Waals surface area contributed by atoms with E-state index in [4.69, 9.17) is 0 Å². The highest BCUT2D eigenvalue weighted by atomic mass is 15.1. The van der Waals surface area contributed by atoms with E-state index in [-0.39, 0.29) is 0 Å². The van der Waals surface area contributed by atoms with Crippen molar-refractivity contribution in [2.45, 2.75) is 26.7 Å². The summed E-state index contributed by atoms with van der Waals surface area (Å²) >= 11 is 0. The molecule has 0 amide bonds. The minimum atomic E-state index is 0.610. The van der Waals surface area contributed by atoms with Gasteiger partial charge < -0.3 is 4.90 Å². The van der Waals surface area contributed by atoms with Crippen LogP contribution in [0.2, 0.25) is 0 Å². The lowest BCUT2D eigenvalue weighted by Gasteiger charge is -2.17. The molecule has 1 rings (SSSR count). The number of rotatable bonds is 2. The Morgan fingerprint density at radius 1 is 1.15 bits per heavy atom. The maximum absolute atomic E-state index is 2.28. The van der Waals surface area contributed by atoms with Crippen LogP contribution in [-0.2, 0) is 0 Å². The summed E-state index contributed by atoms with van der Waals surface area (Å²) in [5, 5.41) is 0. The zero-order valence-electron chi connectivity index (χ0n) is 9.26. The van der Waals surface area contributed by atoms with Crippen molar-refractivity contribution >= 4 is 5.69 Å². The van der Waals surface area contributed by atoms with Crippen LogP contribution in [0.3, 0.4) is 0 Å². The first-order valence-corrected chi connectivity index (χ1v) is 4.80. The molecule has 0 aliphatic rings. The average molecular weight is 177 g/mol. The van der Waals surface area contributed by atoms with Crippen molar-refractivity contribution in [3.8, 4) is 0 Å². The summed E-state index contributed by atoms with van der Waals surface area (Å²) in [4.78, 5) is 2.17. The highest BCUT2D eigenvalue weighted by Crippen LogP contribution is 2.23. The van der Waals surface area contributed by atoms with Crippen molar-refractivity contribution in [3.63, 3.8) is 0 Å². The number of hydrogen-bond donors (Lipinski definition) is 0. The zero-order chi connectivity index (χ0) is 10.0. The fraction of sp³-hybridized carbons (Fsp3) is 0.500. The Morgan fingerprint density at radius 2 is 1.77 bits per heavy atom. The summed E-state index contributed by atoms with van der Waals surface area (Å²) in [7, 11) is 4.18. The lowest BCUT2D eigenvalue weighted by Crippen LogP contribution is -2.10. The van der Waals surface area contributed by atoms with E-state index in [1.54, 1.807) is 0 Å². The number of nitrogens with zero attached hydrogens (tertiary/aromatic N) is 1. The Labute approximate surface area is 81.4 Å². The van der Waals surface area contributed by atoms with Gasteiger partial charge in [-0.05, 0) is 30.0 Å². The van der Waals surface area contributed by atoms with Crippen LogP contribution in [-0.4, -0.2) is 14.1 Å². The van der Waals surface area contributed by atoms with Gasteiger partial charge in [-0.15, -0.1) is 0 Å². The summed E-state index contributed by atoms with van der Waals surface area (Å²) < 4.78 is 0. The SMILES string of the molecule is Cc1ccc(C(C)C)cc1N(C)C. The molecule has 0 aromatic heterocycles. The molecule has 0 aliphatic heterocycles. The van der Waals surface area contributed by atoms with Crippen molar-refractivity contribution in [2.75, 3.05) is 19.0 Å². The molecule has 0 radical (unpaired) electrons. The van der Waals surface area contributed by atoms with Gasteiger partial charge >= 0.3 is 0 Å². The molecular weight excluding hydrogens is 158 g/mol. The predicted molar refractivity (Wildman–Crippen MR) is 59.6 cm³/mol. The van der Waals surface area contributed by atoms with Crippen LogP contribution < -0.4 is 4.90 Å². The van der Waals surface area contributed by atoms with Gasteiger partial charge in [0, 0.05) is 19.8 Å². The van der Waals surface area contributed by atoms with E-state index < -0.39 is 0 Å². The molecule has 1 aromatic rings. The highest BCUT2D eigenvalue weighted by Gasteiger charge is 2.04. The molecular formula is C12H19N. The van der Waals surface area contributed by atoms with Crippen LogP contribution in [0, 0.1) is 6.92 Å². The summed E-state index contributed by atoms with van der Waals surface area (Å²) in [6.07, 6.45) is 0. The monoisotopic (exact) mass is 177 g/mol. The molecule has 1 heteroatoms. The van der Waals surface area contributed by atoms with Crippen LogP contribution in [0.5, 0.6) is 0 Å². The first-order valence-electron chi connectivity index (χ1n) is 4.80. The molecule has 1 nitrogen and oxygen atoms in total. The minimum absolute atomic E-state index is 0.610. The van der Waals surface area contributed by atoms with Gasteiger partial charge in [-0.1, -0.05) is 26.0 Å². The van der Waals surface area contributed by atoms with Crippen molar-refractivity contribution in [3.05, 3.63) is 29.3 Å². The zero-order valence-corrected chi connectivity index (χ0v) is 9.26. The quantitative estimate of drug-likeness (QED) is 0.670. The average Bonchev–Trinajstić information content (AvgIpc) is 2.04. The fourth-order valence-electron chi connectivity index (χ4n) is 1.47. The first-order chi connectivity index (χ1) is 6.02. The largest absolute Gasteiger partial charge is 0.377 e. The van der Waals surface area contributed by atoms with Gasteiger partial charge in [-0.3, -0.25) is 0 Å². The van der Waals surface area contributed by atoms with Gasteiger partial charge in [-0.2, -0.15) is 0 Å². The Balaban J connectivity index is 3.11. The molecule has 0 spiro atoms. The van der Waals surface area contributed by atoms with E-state index in [1.165, 1.54) is 16.8 Å². The number of benzene rings is 1. The molecule has 0 saturated carbocycles. The maximum Gasteiger partial charge on any atom is 0.0393 e. The van der Waals surface area contributed by atoms with Gasteiger partial charge in [0.2, 0.25) is 0 Å². The Morgan fingerprint density at radius 3 is 2.23 bits per heavy atom. The van der Waals surface area contributed by atoms with Crippen LogP contribution in [0.15, 0.2) is 18.2 Å². The molecule has 72 valence electrons. The standard InChI is InChI=1S/C12H19N/c1-9(2)11-7-6-10(3)12(8-11)13(4)5/h6-9H,1-5H3. The van der Waals surface area contributed by atoms with Gasteiger partial charge in [0.25, 0.3) is 0 Å². The van der Waals surface area contributed by atoms with E-state index in [0.717, 1.165) is 0 Å². The van der Waals surface area contributed by atoms with Crippen molar-refractivity contribution < 1.29 is 0 Å². The number of anilines is 1. The third-order valence-corrected chi connectivity index (χ3v) is 2.38. The van der Waals surface area contributed by atoms with Gasteiger partial charge in [-0.25, -0.2) is 0 Å². The molecule has 0 saturated heterocycles. The molecule has 0 unspecified atom stereocenters. The van der Waals surface area contributed by atoms with Gasteiger partial charge in [0.05, 0.1) is 0 Å². The summed E-state index contributed by atoms with van der Waals surface area (Å²) in [6, 6.07) is 6.69. The van der Waals surface area contributed by atoms with Crippen LogP contribution in [0.25, 0.3) is 0 Å². The third-order valence-electron chi connectivity index (χ3n) is 2.38. The molecule has 0 fully saturated rings. The topological polar surface area (TPSA) is 3.24 Å². The number of aryl methyl sites for hydroxylation is 1. The lowest BCUT2D eigenvalue weighted by atomic mass is 10.0. The molecule has 0 bridgehead atoms. The summed E-state index contributed by atoms with van der Waals surface area (Å²) in [5.74, 6) is 0.610. The molecule has 13 heavy (non-hydrogen) atoms. The van der Waals surface area contributed by atoms with E-state index in [1.807, 2.05) is 0 Å². The van der Waals surface area contributed by atoms with E-state index in [9.17, 15) is 0 Å². The highest BCUT2D eigenvalue weighted by molar-refractivity contribution is 5.54. The lowest BCUT2D eigenvalue weighted by molar-refractivity contribution is 0.864. The molecule has 0 heterocycles. The second kappa shape index (κ2) is 3.82. The molecule has 0 N–H and O–H groups in total. The Hall–Kier alpha value is -0.980. The van der Waals surface area contributed by atoms with Crippen LogP contribution in [0.1, 0.15) is 30.9 Å². The molecule has 0 aliphatic carbocycles. The fourth-order valence-corrected chi connectivity index (χ4v) is 1.47.